The van der Waals surface area contributed by atoms with Gasteiger partial charge in [0.1, 0.15) is 11.5 Å². The Morgan fingerprint density at radius 1 is 1.35 bits per heavy atom. The van der Waals surface area contributed by atoms with E-state index in [2.05, 4.69) is 0 Å². The zero-order valence-corrected chi connectivity index (χ0v) is 10.7. The Morgan fingerprint density at radius 2 is 2.10 bits per heavy atom. The van der Waals surface area contributed by atoms with Crippen molar-refractivity contribution < 1.29 is 14.1 Å². The van der Waals surface area contributed by atoms with E-state index in [-0.39, 0.29) is 5.69 Å². The number of hydrogen-bond acceptors (Lipinski definition) is 4. The predicted molar refractivity (Wildman–Crippen MR) is 73.8 cm³/mol. The van der Waals surface area contributed by atoms with Crippen LogP contribution in [0.4, 0.5) is 5.69 Å². The molecule has 0 unspecified atom stereocenters. The molecule has 0 saturated heterocycles. The fraction of sp³-hybridized carbons (Fsp3) is 0.0714. The summed E-state index contributed by atoms with van der Waals surface area (Å²) in [6.45, 7) is 1.77. The van der Waals surface area contributed by atoms with E-state index in [0.717, 1.165) is 11.1 Å². The summed E-state index contributed by atoms with van der Waals surface area (Å²) in [7, 11) is 0. The van der Waals surface area contributed by atoms with Crippen molar-refractivity contribution in [2.24, 2.45) is 5.73 Å². The Morgan fingerprint density at radius 3 is 2.70 bits per heavy atom. The van der Waals surface area contributed by atoms with Gasteiger partial charge >= 0.3 is 0 Å². The van der Waals surface area contributed by atoms with Crippen LogP contribution in [0.3, 0.4) is 0 Å². The number of nitrogens with zero attached hydrogens (tertiary/aromatic N) is 1. The predicted octanol–water partition coefficient (Wildman–Crippen LogP) is 2.66. The van der Waals surface area contributed by atoms with E-state index in [0.29, 0.717) is 11.5 Å². The third-order valence-corrected chi connectivity index (χ3v) is 2.72. The second-order valence-corrected chi connectivity index (χ2v) is 4.19. The van der Waals surface area contributed by atoms with Gasteiger partial charge in [0, 0.05) is 23.8 Å². The van der Waals surface area contributed by atoms with Crippen molar-refractivity contribution in [2.75, 3.05) is 0 Å². The summed E-state index contributed by atoms with van der Waals surface area (Å²) in [4.78, 5) is 20.9. The number of hydrogen-bond donors (Lipinski definition) is 1. The van der Waals surface area contributed by atoms with Gasteiger partial charge in [0.25, 0.3) is 5.69 Å². The Balaban J connectivity index is 2.33. The number of carbonyl (C=O) groups excluding carboxylic acids is 1. The van der Waals surface area contributed by atoms with Crippen molar-refractivity contribution in [3.8, 4) is 11.3 Å². The monoisotopic (exact) mass is 272 g/mol. The summed E-state index contributed by atoms with van der Waals surface area (Å²) in [5.41, 5.74) is 6.52. The van der Waals surface area contributed by atoms with Gasteiger partial charge in [0.05, 0.1) is 4.92 Å². The fourth-order valence-electron chi connectivity index (χ4n) is 1.79. The number of aryl methyl sites for hydroxylation is 1. The minimum Gasteiger partial charge on any atom is -0.457 e. The molecule has 6 nitrogen and oxygen atoms in total. The molecule has 0 saturated carbocycles. The van der Waals surface area contributed by atoms with Crippen LogP contribution in [0, 0.1) is 17.0 Å². The number of furan rings is 1. The number of amides is 1. The SMILES string of the molecule is Cc1cc([N+](=O)[O-])ccc1-c1ccc(/C=C/C(N)=O)o1. The minimum atomic E-state index is -0.561. The van der Waals surface area contributed by atoms with Gasteiger partial charge in [-0.1, -0.05) is 0 Å². The molecule has 2 rings (SSSR count). The van der Waals surface area contributed by atoms with Crippen LogP contribution in [0.1, 0.15) is 11.3 Å². The lowest BCUT2D eigenvalue weighted by Crippen LogP contribution is -2.04. The van der Waals surface area contributed by atoms with Crippen LogP contribution in [-0.4, -0.2) is 10.8 Å². The lowest BCUT2D eigenvalue weighted by atomic mass is 10.1. The lowest BCUT2D eigenvalue weighted by Gasteiger charge is -2.02. The van der Waals surface area contributed by atoms with Crippen molar-refractivity contribution in [3.05, 3.63) is 57.8 Å². The topological polar surface area (TPSA) is 99.4 Å². The second-order valence-electron chi connectivity index (χ2n) is 4.19. The number of carbonyl (C=O) groups is 1. The number of nitro groups is 1. The van der Waals surface area contributed by atoms with Gasteiger partial charge in [-0.25, -0.2) is 0 Å². The van der Waals surface area contributed by atoms with Crippen molar-refractivity contribution in [2.45, 2.75) is 6.92 Å². The molecule has 6 heteroatoms. The molecule has 1 amide bonds. The van der Waals surface area contributed by atoms with Gasteiger partial charge in [-0.2, -0.15) is 0 Å². The molecular weight excluding hydrogens is 260 g/mol. The van der Waals surface area contributed by atoms with E-state index < -0.39 is 10.8 Å². The van der Waals surface area contributed by atoms with Gasteiger partial charge in [-0.05, 0) is 36.8 Å². The zero-order valence-electron chi connectivity index (χ0n) is 10.7. The summed E-state index contributed by atoms with van der Waals surface area (Å²) in [6, 6.07) is 7.96. The summed E-state index contributed by atoms with van der Waals surface area (Å²) in [5.74, 6) is 0.493. The van der Waals surface area contributed by atoms with E-state index in [1.54, 1.807) is 25.1 Å². The van der Waals surface area contributed by atoms with Crippen molar-refractivity contribution >= 4 is 17.7 Å². The molecule has 0 aliphatic rings. The highest BCUT2D eigenvalue weighted by atomic mass is 16.6. The van der Waals surface area contributed by atoms with E-state index in [1.165, 1.54) is 24.3 Å². The average molecular weight is 272 g/mol. The maximum Gasteiger partial charge on any atom is 0.269 e. The first-order valence-electron chi connectivity index (χ1n) is 5.80. The molecule has 20 heavy (non-hydrogen) atoms. The van der Waals surface area contributed by atoms with Gasteiger partial charge in [-0.3, -0.25) is 14.9 Å². The van der Waals surface area contributed by atoms with Gasteiger partial charge in [-0.15, -0.1) is 0 Å². The number of primary amides is 1. The van der Waals surface area contributed by atoms with Crippen LogP contribution in [0.2, 0.25) is 0 Å². The molecule has 0 atom stereocenters. The molecule has 1 aromatic carbocycles. The molecule has 102 valence electrons. The summed E-state index contributed by atoms with van der Waals surface area (Å²) in [5, 5.41) is 10.7. The first-order valence-corrected chi connectivity index (χ1v) is 5.80. The number of nitrogens with two attached hydrogens (primary N) is 1. The highest BCUT2D eigenvalue weighted by molar-refractivity contribution is 5.89. The molecule has 2 N–H and O–H groups in total. The normalized spacial score (nSPS) is 10.8. The molecule has 0 aliphatic carbocycles. The quantitative estimate of drug-likeness (QED) is 0.525. The highest BCUT2D eigenvalue weighted by Crippen LogP contribution is 2.28. The number of nitro benzene ring substituents is 1. The second kappa shape index (κ2) is 5.40. The van der Waals surface area contributed by atoms with Gasteiger partial charge in [0.2, 0.25) is 5.91 Å². The van der Waals surface area contributed by atoms with Crippen LogP contribution in [-0.2, 0) is 4.79 Å². The Kier molecular flexibility index (Phi) is 3.65. The Labute approximate surface area is 114 Å². The van der Waals surface area contributed by atoms with Crippen LogP contribution in [0.25, 0.3) is 17.4 Å². The van der Waals surface area contributed by atoms with Gasteiger partial charge < -0.3 is 10.2 Å². The van der Waals surface area contributed by atoms with Crippen LogP contribution in [0.5, 0.6) is 0 Å². The minimum absolute atomic E-state index is 0.0339. The largest absolute Gasteiger partial charge is 0.457 e. The number of rotatable bonds is 4. The molecule has 1 heterocycles. The standard InChI is InChI=1S/C14H12N2O4/c1-9-8-10(16(18)19)2-5-12(9)13-6-3-11(20-13)4-7-14(15)17/h2-8H,1H3,(H2,15,17)/b7-4+. The third kappa shape index (κ3) is 2.92. The smallest absolute Gasteiger partial charge is 0.269 e. The summed E-state index contributed by atoms with van der Waals surface area (Å²) < 4.78 is 5.54. The summed E-state index contributed by atoms with van der Waals surface area (Å²) >= 11 is 0. The van der Waals surface area contributed by atoms with Crippen molar-refractivity contribution in [1.82, 2.24) is 0 Å². The van der Waals surface area contributed by atoms with E-state index in [9.17, 15) is 14.9 Å². The Bertz CT molecular complexity index is 701. The molecule has 0 aliphatic heterocycles. The molecule has 0 bridgehead atoms. The molecule has 0 fully saturated rings. The molecular formula is C14H12N2O4. The first-order chi connectivity index (χ1) is 9.47. The first kappa shape index (κ1) is 13.5. The van der Waals surface area contributed by atoms with Crippen molar-refractivity contribution in [1.29, 1.82) is 0 Å². The molecule has 0 spiro atoms. The maximum atomic E-state index is 10.7. The molecule has 1 aromatic heterocycles. The fourth-order valence-corrected chi connectivity index (χ4v) is 1.79. The third-order valence-electron chi connectivity index (χ3n) is 2.72. The molecule has 2 aromatic rings. The van der Waals surface area contributed by atoms with Crippen LogP contribution >= 0.6 is 0 Å². The van der Waals surface area contributed by atoms with Crippen LogP contribution < -0.4 is 5.73 Å². The maximum absolute atomic E-state index is 10.7. The lowest BCUT2D eigenvalue weighted by molar-refractivity contribution is -0.384. The van der Waals surface area contributed by atoms with Crippen LogP contribution in [0.15, 0.2) is 40.8 Å². The zero-order chi connectivity index (χ0) is 14.7. The Hall–Kier alpha value is -2.89. The van der Waals surface area contributed by atoms with E-state index in [4.69, 9.17) is 10.2 Å². The highest BCUT2D eigenvalue weighted by Gasteiger charge is 2.11. The molecule has 0 radical (unpaired) electrons. The average Bonchev–Trinajstić information content (AvgIpc) is 2.84. The van der Waals surface area contributed by atoms with Gasteiger partial charge in [0.15, 0.2) is 0 Å². The summed E-state index contributed by atoms with van der Waals surface area (Å²) in [6.07, 6.45) is 2.66. The van der Waals surface area contributed by atoms with E-state index >= 15 is 0 Å². The number of benzene rings is 1. The van der Waals surface area contributed by atoms with Crippen molar-refractivity contribution in [3.63, 3.8) is 0 Å². The number of non-ortho nitro benzene ring substituents is 1. The van der Waals surface area contributed by atoms with E-state index in [1.807, 2.05) is 0 Å².